The van der Waals surface area contributed by atoms with Gasteiger partial charge < -0.3 is 5.11 Å². The van der Waals surface area contributed by atoms with Gasteiger partial charge in [-0.15, -0.1) is 0 Å². The molecule has 1 N–H and O–H groups in total. The second kappa shape index (κ2) is 10.4. The maximum atomic E-state index is 14.2. The molecule has 3 aromatic carbocycles. The predicted molar refractivity (Wildman–Crippen MR) is 136 cm³/mol. The number of benzene rings is 3. The van der Waals surface area contributed by atoms with Crippen LogP contribution in [0.2, 0.25) is 0 Å². The highest BCUT2D eigenvalue weighted by atomic mass is 32.2. The molecular formula is C26H25F3N2O5S2. The van der Waals surface area contributed by atoms with Crippen molar-refractivity contribution >= 4 is 25.5 Å². The van der Waals surface area contributed by atoms with Crippen LogP contribution in [-0.4, -0.2) is 40.9 Å². The van der Waals surface area contributed by atoms with Crippen LogP contribution >= 0.6 is 0 Å². The number of anilines is 1. The van der Waals surface area contributed by atoms with Crippen molar-refractivity contribution in [3.8, 4) is 6.07 Å². The average molecular weight is 567 g/mol. The molecule has 0 aromatic heterocycles. The molecule has 1 atom stereocenters. The molecule has 0 spiro atoms. The zero-order chi connectivity index (χ0) is 28.5. The van der Waals surface area contributed by atoms with Gasteiger partial charge in [0.25, 0.3) is 10.0 Å². The Labute approximate surface area is 219 Å². The standard InChI is InChI=1S/C26H25F3N2O5S2/c1-18(2)17-31(38(35,36)24-6-4-5-19(15-24)16-30)22-11-7-20(8-12-22)25(32,26(27,28)29)21-9-13-23(14-10-21)37(3,33)34/h4-15,18,32H,17H2,1-3H3. The van der Waals surface area contributed by atoms with E-state index >= 15 is 0 Å². The Morgan fingerprint density at radius 3 is 1.87 bits per heavy atom. The number of hydrogen-bond donors (Lipinski definition) is 1. The Morgan fingerprint density at radius 2 is 1.42 bits per heavy atom. The molecule has 0 bridgehead atoms. The highest BCUT2D eigenvalue weighted by Gasteiger charge is 2.56. The van der Waals surface area contributed by atoms with E-state index in [-0.39, 0.29) is 33.5 Å². The minimum atomic E-state index is -5.19. The molecule has 202 valence electrons. The van der Waals surface area contributed by atoms with Crippen molar-refractivity contribution in [1.82, 2.24) is 0 Å². The minimum absolute atomic E-state index is 0.00501. The lowest BCUT2D eigenvalue weighted by molar-refractivity contribution is -0.248. The van der Waals surface area contributed by atoms with E-state index in [1.165, 1.54) is 24.3 Å². The second-order valence-electron chi connectivity index (χ2n) is 9.12. The fourth-order valence-corrected chi connectivity index (χ4v) is 6.14. The van der Waals surface area contributed by atoms with Crippen molar-refractivity contribution in [2.45, 2.75) is 35.4 Å². The summed E-state index contributed by atoms with van der Waals surface area (Å²) in [6, 6.07) is 15.2. The summed E-state index contributed by atoms with van der Waals surface area (Å²) in [7, 11) is -7.86. The smallest absolute Gasteiger partial charge is 0.372 e. The molecule has 0 aliphatic heterocycles. The molecule has 7 nitrogen and oxygen atoms in total. The molecule has 0 aliphatic rings. The van der Waals surface area contributed by atoms with Crippen molar-refractivity contribution in [3.63, 3.8) is 0 Å². The predicted octanol–water partition coefficient (Wildman–Crippen LogP) is 4.61. The van der Waals surface area contributed by atoms with Gasteiger partial charge in [-0.2, -0.15) is 18.4 Å². The summed E-state index contributed by atoms with van der Waals surface area (Å²) < 4.78 is 94.0. The van der Waals surface area contributed by atoms with Crippen molar-refractivity contribution < 1.29 is 35.1 Å². The van der Waals surface area contributed by atoms with Crippen molar-refractivity contribution in [3.05, 3.63) is 89.5 Å². The maximum Gasteiger partial charge on any atom is 0.425 e. The first kappa shape index (κ1) is 29.2. The third kappa shape index (κ3) is 5.70. The first-order valence-corrected chi connectivity index (χ1v) is 14.6. The summed E-state index contributed by atoms with van der Waals surface area (Å²) in [5.41, 5.74) is -4.51. The van der Waals surface area contributed by atoms with Crippen LogP contribution in [0.4, 0.5) is 18.9 Å². The van der Waals surface area contributed by atoms with Gasteiger partial charge in [0.2, 0.25) is 5.60 Å². The van der Waals surface area contributed by atoms with Gasteiger partial charge in [-0.1, -0.05) is 44.2 Å². The quantitative estimate of drug-likeness (QED) is 0.426. The number of sulfonamides is 1. The second-order valence-corrected chi connectivity index (χ2v) is 13.0. The van der Waals surface area contributed by atoms with E-state index in [4.69, 9.17) is 5.26 Å². The average Bonchev–Trinajstić information content (AvgIpc) is 2.85. The monoisotopic (exact) mass is 566 g/mol. The Hall–Kier alpha value is -3.40. The largest absolute Gasteiger partial charge is 0.425 e. The highest BCUT2D eigenvalue weighted by Crippen LogP contribution is 2.45. The molecule has 0 aliphatic carbocycles. The Morgan fingerprint density at radius 1 is 0.895 bits per heavy atom. The van der Waals surface area contributed by atoms with Crippen LogP contribution < -0.4 is 4.31 Å². The lowest BCUT2D eigenvalue weighted by Gasteiger charge is -2.32. The number of aliphatic hydroxyl groups is 1. The van der Waals surface area contributed by atoms with Crippen LogP contribution in [0.3, 0.4) is 0 Å². The fourth-order valence-electron chi connectivity index (χ4n) is 3.83. The summed E-state index contributed by atoms with van der Waals surface area (Å²) in [5.74, 6) is -0.163. The lowest BCUT2D eigenvalue weighted by Crippen LogP contribution is -2.43. The van der Waals surface area contributed by atoms with Crippen molar-refractivity contribution in [1.29, 1.82) is 5.26 Å². The van der Waals surface area contributed by atoms with Gasteiger partial charge in [0, 0.05) is 12.8 Å². The third-order valence-corrected chi connectivity index (χ3v) is 8.68. The molecule has 12 heteroatoms. The molecule has 0 amide bonds. The van der Waals surface area contributed by atoms with E-state index in [1.54, 1.807) is 13.8 Å². The van der Waals surface area contributed by atoms with Crippen molar-refractivity contribution in [2.75, 3.05) is 17.1 Å². The summed E-state index contributed by atoms with van der Waals surface area (Å²) in [5, 5.41) is 20.1. The summed E-state index contributed by atoms with van der Waals surface area (Å²) in [6.45, 7) is 3.53. The molecule has 0 saturated carbocycles. The van der Waals surface area contributed by atoms with E-state index in [0.717, 1.165) is 59.1 Å². The maximum absolute atomic E-state index is 14.2. The van der Waals surface area contributed by atoms with Crippen molar-refractivity contribution in [2.24, 2.45) is 5.92 Å². The lowest BCUT2D eigenvalue weighted by atomic mass is 9.85. The summed E-state index contributed by atoms with van der Waals surface area (Å²) >= 11 is 0. The van der Waals surface area contributed by atoms with Gasteiger partial charge in [-0.05, 0) is 59.5 Å². The van der Waals surface area contributed by atoms with Crippen LogP contribution in [0.1, 0.15) is 30.5 Å². The van der Waals surface area contributed by atoms with Crippen LogP contribution in [-0.2, 0) is 25.5 Å². The van der Waals surface area contributed by atoms with Gasteiger partial charge in [0.15, 0.2) is 9.84 Å². The topological polar surface area (TPSA) is 116 Å². The SMILES string of the molecule is CC(C)CN(c1ccc(C(O)(c2ccc(S(C)(=O)=O)cc2)C(F)(F)F)cc1)S(=O)(=O)c1cccc(C#N)c1. The summed E-state index contributed by atoms with van der Waals surface area (Å²) in [4.78, 5) is -0.366. The third-order valence-electron chi connectivity index (χ3n) is 5.77. The van der Waals surface area contributed by atoms with Gasteiger partial charge in [-0.3, -0.25) is 4.31 Å². The van der Waals surface area contributed by atoms with E-state index in [1.807, 2.05) is 6.07 Å². The van der Waals surface area contributed by atoms with E-state index in [2.05, 4.69) is 0 Å². The zero-order valence-electron chi connectivity index (χ0n) is 20.6. The molecule has 1 unspecified atom stereocenters. The number of alkyl halides is 3. The van der Waals surface area contributed by atoms with Gasteiger partial charge >= 0.3 is 6.18 Å². The van der Waals surface area contributed by atoms with Crippen LogP contribution in [0, 0.1) is 17.2 Å². The molecule has 3 aromatic rings. The first-order chi connectivity index (χ1) is 17.5. The first-order valence-electron chi connectivity index (χ1n) is 11.2. The number of hydrogen-bond acceptors (Lipinski definition) is 6. The number of nitriles is 1. The number of halogens is 3. The summed E-state index contributed by atoms with van der Waals surface area (Å²) in [6.07, 6.45) is -4.28. The van der Waals surface area contributed by atoms with E-state index in [9.17, 15) is 35.1 Å². The minimum Gasteiger partial charge on any atom is -0.372 e. The normalized spacial score (nSPS) is 14.1. The van der Waals surface area contributed by atoms with Gasteiger partial charge in [0.1, 0.15) is 0 Å². The number of sulfone groups is 1. The van der Waals surface area contributed by atoms with Crippen LogP contribution in [0.15, 0.2) is 82.6 Å². The molecule has 0 saturated heterocycles. The molecule has 0 heterocycles. The van der Waals surface area contributed by atoms with Crippen LogP contribution in [0.5, 0.6) is 0 Å². The molecular weight excluding hydrogens is 541 g/mol. The molecule has 3 rings (SSSR count). The van der Waals surface area contributed by atoms with E-state index in [0.29, 0.717) is 0 Å². The van der Waals surface area contributed by atoms with E-state index < -0.39 is 42.8 Å². The Kier molecular flexibility index (Phi) is 7.98. The number of nitrogens with zero attached hydrogens (tertiary/aromatic N) is 2. The highest BCUT2D eigenvalue weighted by molar-refractivity contribution is 7.92. The van der Waals surface area contributed by atoms with Gasteiger partial charge in [0.05, 0.1) is 27.1 Å². The zero-order valence-corrected chi connectivity index (χ0v) is 22.3. The molecule has 0 radical (unpaired) electrons. The fraction of sp³-hybridized carbons (Fsp3) is 0.269. The van der Waals surface area contributed by atoms with Gasteiger partial charge in [-0.25, -0.2) is 16.8 Å². The van der Waals surface area contributed by atoms with Crippen LogP contribution in [0.25, 0.3) is 0 Å². The Bertz CT molecular complexity index is 1560. The molecule has 0 fully saturated rings. The molecule has 38 heavy (non-hydrogen) atoms. The number of rotatable bonds is 8. The Balaban J connectivity index is 2.11.